The molecule has 1 aliphatic carbocycles. The molecule has 2 aliphatic rings. The molecule has 0 aromatic heterocycles. The van der Waals surface area contributed by atoms with E-state index in [2.05, 4.69) is 25.7 Å². The molecule has 0 amide bonds. The lowest BCUT2D eigenvalue weighted by Crippen LogP contribution is -2.51. The number of hydrogen-bond acceptors (Lipinski definition) is 2. The van der Waals surface area contributed by atoms with Gasteiger partial charge in [0, 0.05) is 12.1 Å². The summed E-state index contributed by atoms with van der Waals surface area (Å²) in [7, 11) is 0. The molecule has 1 heterocycles. The van der Waals surface area contributed by atoms with Crippen LogP contribution in [0.2, 0.25) is 0 Å². The van der Waals surface area contributed by atoms with Crippen LogP contribution in [0.3, 0.4) is 0 Å². The van der Waals surface area contributed by atoms with Gasteiger partial charge in [-0.25, -0.2) is 0 Å². The van der Waals surface area contributed by atoms with Crippen molar-refractivity contribution in [2.45, 2.75) is 83.9 Å². The molecule has 4 atom stereocenters. The Morgan fingerprint density at radius 3 is 2.56 bits per heavy atom. The molecule has 2 nitrogen and oxygen atoms in total. The average Bonchev–Trinajstić information content (AvgIpc) is 2.54. The SMILES string of the molecule is CC(C)C1CCC(O)C(N2CCCCCC2C)C1. The maximum atomic E-state index is 10.4. The number of aliphatic hydroxyl groups excluding tert-OH is 1. The van der Waals surface area contributed by atoms with E-state index in [0.29, 0.717) is 12.1 Å². The topological polar surface area (TPSA) is 23.5 Å². The minimum Gasteiger partial charge on any atom is -0.391 e. The van der Waals surface area contributed by atoms with E-state index < -0.39 is 0 Å². The van der Waals surface area contributed by atoms with Crippen molar-refractivity contribution in [1.29, 1.82) is 0 Å². The highest BCUT2D eigenvalue weighted by Crippen LogP contribution is 2.34. The molecule has 2 fully saturated rings. The van der Waals surface area contributed by atoms with Crippen molar-refractivity contribution in [2.24, 2.45) is 11.8 Å². The lowest BCUT2D eigenvalue weighted by molar-refractivity contribution is -0.0189. The summed E-state index contributed by atoms with van der Waals surface area (Å²) in [5.41, 5.74) is 0. The van der Waals surface area contributed by atoms with Crippen molar-refractivity contribution in [2.75, 3.05) is 6.54 Å². The van der Waals surface area contributed by atoms with E-state index in [0.717, 1.165) is 18.3 Å². The van der Waals surface area contributed by atoms with Crippen LogP contribution in [-0.2, 0) is 0 Å². The number of nitrogens with zero attached hydrogens (tertiary/aromatic N) is 1. The second kappa shape index (κ2) is 6.38. The molecule has 4 unspecified atom stereocenters. The van der Waals surface area contributed by atoms with E-state index in [4.69, 9.17) is 0 Å². The van der Waals surface area contributed by atoms with Crippen LogP contribution in [0.25, 0.3) is 0 Å². The number of hydrogen-bond donors (Lipinski definition) is 1. The summed E-state index contributed by atoms with van der Waals surface area (Å²) in [5.74, 6) is 1.58. The van der Waals surface area contributed by atoms with Crippen molar-refractivity contribution < 1.29 is 5.11 Å². The molecular formula is C16H31NO. The van der Waals surface area contributed by atoms with Crippen molar-refractivity contribution in [1.82, 2.24) is 4.90 Å². The molecule has 0 aromatic carbocycles. The first kappa shape index (κ1) is 14.3. The standard InChI is InChI=1S/C16H31NO/c1-12(2)14-8-9-16(18)15(11-14)17-10-6-4-5-7-13(17)3/h12-16,18H,4-11H2,1-3H3. The Labute approximate surface area is 113 Å². The Kier molecular flexibility index (Phi) is 5.08. The van der Waals surface area contributed by atoms with E-state index >= 15 is 0 Å². The van der Waals surface area contributed by atoms with Crippen molar-refractivity contribution in [3.05, 3.63) is 0 Å². The van der Waals surface area contributed by atoms with Crippen LogP contribution in [0.15, 0.2) is 0 Å². The summed E-state index contributed by atoms with van der Waals surface area (Å²) in [6.45, 7) is 8.24. The van der Waals surface area contributed by atoms with Crippen molar-refractivity contribution in [3.8, 4) is 0 Å². The number of aliphatic hydroxyl groups is 1. The third kappa shape index (κ3) is 3.27. The molecule has 1 N–H and O–H groups in total. The maximum absolute atomic E-state index is 10.4. The predicted octanol–water partition coefficient (Wildman–Crippen LogP) is 3.44. The zero-order valence-electron chi connectivity index (χ0n) is 12.4. The van der Waals surface area contributed by atoms with Gasteiger partial charge in [-0.05, 0) is 57.4 Å². The zero-order chi connectivity index (χ0) is 13.1. The minimum absolute atomic E-state index is 0.0828. The Morgan fingerprint density at radius 2 is 1.83 bits per heavy atom. The molecule has 1 saturated carbocycles. The monoisotopic (exact) mass is 253 g/mol. The highest BCUT2D eigenvalue weighted by molar-refractivity contribution is 4.90. The quantitative estimate of drug-likeness (QED) is 0.815. The smallest absolute Gasteiger partial charge is 0.0695 e. The fourth-order valence-corrected chi connectivity index (χ4v) is 3.91. The summed E-state index contributed by atoms with van der Waals surface area (Å²) >= 11 is 0. The second-order valence-corrected chi connectivity index (χ2v) is 6.89. The average molecular weight is 253 g/mol. The Hall–Kier alpha value is -0.0800. The van der Waals surface area contributed by atoms with Gasteiger partial charge in [-0.2, -0.15) is 0 Å². The van der Waals surface area contributed by atoms with E-state index in [1.165, 1.54) is 45.1 Å². The van der Waals surface area contributed by atoms with E-state index in [1.807, 2.05) is 0 Å². The molecule has 106 valence electrons. The summed E-state index contributed by atoms with van der Waals surface area (Å²) < 4.78 is 0. The first-order valence-electron chi connectivity index (χ1n) is 8.03. The van der Waals surface area contributed by atoms with E-state index in [-0.39, 0.29) is 6.10 Å². The van der Waals surface area contributed by atoms with Crippen LogP contribution < -0.4 is 0 Å². The first-order valence-corrected chi connectivity index (χ1v) is 8.03. The fourth-order valence-electron chi connectivity index (χ4n) is 3.91. The van der Waals surface area contributed by atoms with Crippen LogP contribution in [0.5, 0.6) is 0 Å². The normalized spacial score (nSPS) is 39.8. The van der Waals surface area contributed by atoms with Gasteiger partial charge in [0.15, 0.2) is 0 Å². The minimum atomic E-state index is -0.0828. The lowest BCUT2D eigenvalue weighted by atomic mass is 9.77. The molecular weight excluding hydrogens is 222 g/mol. The first-order chi connectivity index (χ1) is 8.59. The third-order valence-electron chi connectivity index (χ3n) is 5.29. The summed E-state index contributed by atoms with van der Waals surface area (Å²) in [4.78, 5) is 2.63. The maximum Gasteiger partial charge on any atom is 0.0695 e. The molecule has 2 rings (SSSR count). The van der Waals surface area contributed by atoms with Crippen LogP contribution >= 0.6 is 0 Å². The van der Waals surface area contributed by atoms with Crippen LogP contribution in [0, 0.1) is 11.8 Å². The van der Waals surface area contributed by atoms with Crippen LogP contribution in [-0.4, -0.2) is 34.7 Å². The van der Waals surface area contributed by atoms with Gasteiger partial charge in [0.1, 0.15) is 0 Å². The lowest BCUT2D eigenvalue weighted by Gasteiger charge is -2.44. The Morgan fingerprint density at radius 1 is 1.06 bits per heavy atom. The van der Waals surface area contributed by atoms with Gasteiger partial charge in [0.05, 0.1) is 6.10 Å². The van der Waals surface area contributed by atoms with Gasteiger partial charge >= 0.3 is 0 Å². The van der Waals surface area contributed by atoms with Gasteiger partial charge in [0.25, 0.3) is 0 Å². The third-order valence-corrected chi connectivity index (χ3v) is 5.29. The van der Waals surface area contributed by atoms with Crippen LogP contribution in [0.1, 0.15) is 65.7 Å². The van der Waals surface area contributed by atoms with Gasteiger partial charge in [0.2, 0.25) is 0 Å². The summed E-state index contributed by atoms with van der Waals surface area (Å²) in [6, 6.07) is 1.09. The van der Waals surface area contributed by atoms with E-state index in [9.17, 15) is 5.11 Å². The molecule has 2 heteroatoms. The Balaban J connectivity index is 2.03. The summed E-state index contributed by atoms with van der Waals surface area (Å²) in [5, 5.41) is 10.4. The highest BCUT2D eigenvalue weighted by Gasteiger charge is 2.36. The van der Waals surface area contributed by atoms with Gasteiger partial charge in [-0.15, -0.1) is 0 Å². The Bertz CT molecular complexity index is 253. The largest absolute Gasteiger partial charge is 0.391 e. The highest BCUT2D eigenvalue weighted by atomic mass is 16.3. The molecule has 0 aromatic rings. The summed E-state index contributed by atoms with van der Waals surface area (Å²) in [6.07, 6.45) is 8.73. The van der Waals surface area contributed by atoms with E-state index in [1.54, 1.807) is 0 Å². The van der Waals surface area contributed by atoms with Gasteiger partial charge < -0.3 is 5.11 Å². The zero-order valence-corrected chi connectivity index (χ0v) is 12.4. The van der Waals surface area contributed by atoms with Crippen molar-refractivity contribution >= 4 is 0 Å². The fraction of sp³-hybridized carbons (Fsp3) is 1.00. The van der Waals surface area contributed by atoms with Crippen LogP contribution in [0.4, 0.5) is 0 Å². The predicted molar refractivity (Wildman–Crippen MR) is 76.6 cm³/mol. The van der Waals surface area contributed by atoms with Gasteiger partial charge in [-0.3, -0.25) is 4.90 Å². The molecule has 0 radical (unpaired) electrons. The molecule has 18 heavy (non-hydrogen) atoms. The van der Waals surface area contributed by atoms with Gasteiger partial charge in [-0.1, -0.05) is 26.7 Å². The molecule has 0 spiro atoms. The molecule has 0 bridgehead atoms. The number of rotatable bonds is 2. The molecule has 1 aliphatic heterocycles. The van der Waals surface area contributed by atoms with Crippen molar-refractivity contribution in [3.63, 3.8) is 0 Å². The molecule has 1 saturated heterocycles. The second-order valence-electron chi connectivity index (χ2n) is 6.89. The number of likely N-dealkylation sites (tertiary alicyclic amines) is 1.